The van der Waals surface area contributed by atoms with E-state index in [4.69, 9.17) is 14.2 Å². The van der Waals surface area contributed by atoms with Gasteiger partial charge in [0.2, 0.25) is 0 Å². The van der Waals surface area contributed by atoms with Gasteiger partial charge in [0.25, 0.3) is 0 Å². The second-order valence-electron chi connectivity index (χ2n) is 7.77. The van der Waals surface area contributed by atoms with Crippen molar-refractivity contribution in [2.75, 3.05) is 39.5 Å². The van der Waals surface area contributed by atoms with Crippen LogP contribution in [0.25, 0.3) is 0 Å². The van der Waals surface area contributed by atoms with Gasteiger partial charge >= 0.3 is 6.03 Å². The molecule has 1 aromatic carbocycles. The van der Waals surface area contributed by atoms with Gasteiger partial charge in [-0.15, -0.1) is 0 Å². The molecule has 2 saturated heterocycles. The molecular weight excluding hydrogens is 356 g/mol. The van der Waals surface area contributed by atoms with Crippen molar-refractivity contribution in [2.24, 2.45) is 0 Å². The molecule has 2 aliphatic heterocycles. The van der Waals surface area contributed by atoms with Crippen molar-refractivity contribution in [1.29, 1.82) is 0 Å². The maximum atomic E-state index is 12.1. The molecule has 1 N–H and O–H groups in total. The lowest BCUT2D eigenvalue weighted by Crippen LogP contribution is -2.53. The quantitative estimate of drug-likeness (QED) is 0.692. The molecule has 1 aromatic rings. The van der Waals surface area contributed by atoms with Crippen LogP contribution in [0, 0.1) is 0 Å². The molecule has 0 aliphatic carbocycles. The first-order valence-electron chi connectivity index (χ1n) is 10.6. The Morgan fingerprint density at radius 3 is 2.79 bits per heavy atom. The minimum atomic E-state index is -0.130. The fourth-order valence-corrected chi connectivity index (χ4v) is 3.97. The van der Waals surface area contributed by atoms with E-state index in [1.165, 1.54) is 5.56 Å². The van der Waals surface area contributed by atoms with E-state index in [0.29, 0.717) is 19.8 Å². The molecule has 2 aliphatic rings. The number of rotatable bonds is 8. The van der Waals surface area contributed by atoms with Crippen LogP contribution < -0.4 is 5.32 Å². The number of piperidine rings is 1. The number of amides is 2. The Morgan fingerprint density at radius 2 is 2.04 bits per heavy atom. The van der Waals surface area contributed by atoms with Gasteiger partial charge in [-0.2, -0.15) is 0 Å². The van der Waals surface area contributed by atoms with E-state index in [1.807, 2.05) is 23.1 Å². The minimum absolute atomic E-state index is 0.0517. The fraction of sp³-hybridized carbons (Fsp3) is 0.682. The zero-order valence-electron chi connectivity index (χ0n) is 17.0. The molecule has 1 atom stereocenters. The molecule has 0 aromatic heterocycles. The van der Waals surface area contributed by atoms with Crippen molar-refractivity contribution < 1.29 is 19.0 Å². The van der Waals surface area contributed by atoms with E-state index in [9.17, 15) is 4.79 Å². The Hall–Kier alpha value is -1.63. The maximum Gasteiger partial charge on any atom is 0.317 e. The van der Waals surface area contributed by atoms with Gasteiger partial charge in [-0.25, -0.2) is 4.79 Å². The number of urea groups is 1. The number of ether oxygens (including phenoxy) is 3. The van der Waals surface area contributed by atoms with Crippen LogP contribution in [0.4, 0.5) is 4.79 Å². The summed E-state index contributed by atoms with van der Waals surface area (Å²) in [5, 5.41) is 2.96. The highest BCUT2D eigenvalue weighted by molar-refractivity contribution is 5.74. The molecule has 2 fully saturated rings. The lowest BCUT2D eigenvalue weighted by Gasteiger charge is -2.46. The summed E-state index contributed by atoms with van der Waals surface area (Å²) in [5.41, 5.74) is 1.05. The molecule has 6 heteroatoms. The number of carbonyl (C=O) groups excluding carboxylic acids is 1. The molecule has 156 valence electrons. The predicted molar refractivity (Wildman–Crippen MR) is 108 cm³/mol. The molecule has 2 amide bonds. The van der Waals surface area contributed by atoms with Gasteiger partial charge in [-0.05, 0) is 31.2 Å². The maximum absolute atomic E-state index is 12.1. The number of nitrogens with zero attached hydrogens (tertiary/aromatic N) is 1. The van der Waals surface area contributed by atoms with Gasteiger partial charge in [0.15, 0.2) is 0 Å². The lowest BCUT2D eigenvalue weighted by atomic mass is 9.83. The summed E-state index contributed by atoms with van der Waals surface area (Å²) >= 11 is 0. The number of likely N-dealkylation sites (tertiary alicyclic amines) is 1. The zero-order chi connectivity index (χ0) is 19.7. The van der Waals surface area contributed by atoms with Gasteiger partial charge in [0.1, 0.15) is 0 Å². The third kappa shape index (κ3) is 6.19. The van der Waals surface area contributed by atoms with Crippen LogP contribution in [0.1, 0.15) is 44.6 Å². The van der Waals surface area contributed by atoms with E-state index < -0.39 is 0 Å². The van der Waals surface area contributed by atoms with E-state index in [1.54, 1.807) is 0 Å². The molecule has 28 heavy (non-hydrogen) atoms. The Morgan fingerprint density at radius 1 is 1.25 bits per heavy atom. The fourth-order valence-electron chi connectivity index (χ4n) is 3.97. The van der Waals surface area contributed by atoms with Gasteiger partial charge in [0, 0.05) is 32.7 Å². The summed E-state index contributed by atoms with van der Waals surface area (Å²) < 4.78 is 18.0. The zero-order valence-corrected chi connectivity index (χ0v) is 17.0. The summed E-state index contributed by atoms with van der Waals surface area (Å²) in [4.78, 5) is 14.0. The van der Waals surface area contributed by atoms with Crippen LogP contribution in [0.2, 0.25) is 0 Å². The third-order valence-electron chi connectivity index (χ3n) is 5.63. The van der Waals surface area contributed by atoms with E-state index in [2.05, 4.69) is 24.4 Å². The molecule has 3 rings (SSSR count). The Balaban J connectivity index is 1.34. The van der Waals surface area contributed by atoms with Crippen molar-refractivity contribution in [2.45, 2.75) is 57.3 Å². The predicted octanol–water partition coefficient (Wildman–Crippen LogP) is 3.35. The normalized spacial score (nSPS) is 21.6. The number of hydrogen-bond donors (Lipinski definition) is 1. The van der Waals surface area contributed by atoms with Crippen molar-refractivity contribution in [3.63, 3.8) is 0 Å². The molecule has 0 radical (unpaired) electrons. The van der Waals surface area contributed by atoms with Crippen LogP contribution in [0.5, 0.6) is 0 Å². The van der Waals surface area contributed by atoms with E-state index >= 15 is 0 Å². The largest absolute Gasteiger partial charge is 0.376 e. The lowest BCUT2D eigenvalue weighted by molar-refractivity contribution is -0.155. The molecule has 6 nitrogen and oxygen atoms in total. The first-order chi connectivity index (χ1) is 13.7. The van der Waals surface area contributed by atoms with Crippen LogP contribution >= 0.6 is 0 Å². The Labute approximate surface area is 168 Å². The van der Waals surface area contributed by atoms with Gasteiger partial charge in [0.05, 0.1) is 31.5 Å². The summed E-state index contributed by atoms with van der Waals surface area (Å²) in [5.74, 6) is 0. The first kappa shape index (κ1) is 21.1. The topological polar surface area (TPSA) is 60.0 Å². The smallest absolute Gasteiger partial charge is 0.317 e. The SMILES string of the molecule is CCCNC(=O)N1CCC2(CC1)CC(OCCOCc1ccccc1)CCO2. The molecule has 1 unspecified atom stereocenters. The number of benzene rings is 1. The molecule has 1 spiro atoms. The monoisotopic (exact) mass is 390 g/mol. The summed E-state index contributed by atoms with van der Waals surface area (Å²) in [6, 6.07) is 10.2. The third-order valence-corrected chi connectivity index (χ3v) is 5.63. The van der Waals surface area contributed by atoms with Gasteiger partial charge < -0.3 is 24.4 Å². The molecule has 0 bridgehead atoms. The Bertz CT molecular complexity index is 587. The van der Waals surface area contributed by atoms with E-state index in [0.717, 1.165) is 58.3 Å². The van der Waals surface area contributed by atoms with Crippen LogP contribution in [0.3, 0.4) is 0 Å². The second kappa shape index (κ2) is 10.8. The number of nitrogens with one attached hydrogen (secondary N) is 1. The van der Waals surface area contributed by atoms with Crippen molar-refractivity contribution in [3.8, 4) is 0 Å². The van der Waals surface area contributed by atoms with Crippen molar-refractivity contribution in [3.05, 3.63) is 35.9 Å². The minimum Gasteiger partial charge on any atom is -0.376 e. The number of carbonyl (C=O) groups is 1. The standard InChI is InChI=1S/C22H34N2O4/c1-2-11-23-21(25)24-12-9-22(10-13-24)17-20(8-14-28-22)27-16-15-26-18-19-6-4-3-5-7-19/h3-7,20H,2,8-18H2,1H3,(H,23,25). The summed E-state index contributed by atoms with van der Waals surface area (Å²) in [6.07, 6.45) is 4.79. The highest BCUT2D eigenvalue weighted by atomic mass is 16.5. The average molecular weight is 391 g/mol. The number of hydrogen-bond acceptors (Lipinski definition) is 4. The summed E-state index contributed by atoms with van der Waals surface area (Å²) in [7, 11) is 0. The second-order valence-corrected chi connectivity index (χ2v) is 7.77. The van der Waals surface area contributed by atoms with E-state index in [-0.39, 0.29) is 17.7 Å². The Kier molecular flexibility index (Phi) is 8.13. The van der Waals surface area contributed by atoms with Crippen LogP contribution in [-0.4, -0.2) is 62.1 Å². The first-order valence-corrected chi connectivity index (χ1v) is 10.6. The highest BCUT2D eigenvalue weighted by Gasteiger charge is 2.41. The van der Waals surface area contributed by atoms with Crippen molar-refractivity contribution in [1.82, 2.24) is 10.2 Å². The molecule has 0 saturated carbocycles. The average Bonchev–Trinajstić information content (AvgIpc) is 2.73. The van der Waals surface area contributed by atoms with Crippen LogP contribution in [-0.2, 0) is 20.8 Å². The molecular formula is C22H34N2O4. The highest BCUT2D eigenvalue weighted by Crippen LogP contribution is 2.36. The van der Waals surface area contributed by atoms with Gasteiger partial charge in [-0.1, -0.05) is 37.3 Å². The summed E-state index contributed by atoms with van der Waals surface area (Å²) in [6.45, 7) is 6.87. The van der Waals surface area contributed by atoms with Gasteiger partial charge in [-0.3, -0.25) is 0 Å². The van der Waals surface area contributed by atoms with Crippen molar-refractivity contribution >= 4 is 6.03 Å². The molecule has 2 heterocycles. The van der Waals surface area contributed by atoms with Crippen LogP contribution in [0.15, 0.2) is 30.3 Å².